The molecule has 0 aliphatic carbocycles. The molecule has 1 amide bonds. The molecular formula is C16H13Cl3N2O2. The van der Waals surface area contributed by atoms with Crippen molar-refractivity contribution < 1.29 is 9.53 Å². The Hall–Kier alpha value is -1.49. The zero-order valence-corrected chi connectivity index (χ0v) is 14.5. The van der Waals surface area contributed by atoms with Crippen molar-refractivity contribution in [3.8, 4) is 5.75 Å². The number of nitrogens with zero attached hydrogens (tertiary/aromatic N) is 2. The van der Waals surface area contributed by atoms with Gasteiger partial charge >= 0.3 is 0 Å². The molecule has 0 unspecified atom stereocenters. The van der Waals surface area contributed by atoms with E-state index in [2.05, 4.69) is 4.98 Å². The fraction of sp³-hybridized carbons (Fsp3) is 0.250. The number of amides is 1. The van der Waals surface area contributed by atoms with Crippen LogP contribution in [0.1, 0.15) is 22.3 Å². The molecule has 0 N–H and O–H groups in total. The summed E-state index contributed by atoms with van der Waals surface area (Å²) in [6.45, 7) is 0.570. The first kappa shape index (κ1) is 16.4. The highest BCUT2D eigenvalue weighted by atomic mass is 35.5. The van der Waals surface area contributed by atoms with Gasteiger partial charge in [0.05, 0.1) is 12.8 Å². The Kier molecular flexibility index (Phi) is 4.67. The molecule has 2 heterocycles. The lowest BCUT2D eigenvalue weighted by Gasteiger charge is -2.31. The highest BCUT2D eigenvalue weighted by Crippen LogP contribution is 2.41. The van der Waals surface area contributed by atoms with Gasteiger partial charge in [-0.15, -0.1) is 0 Å². The maximum atomic E-state index is 12.9. The Labute approximate surface area is 148 Å². The van der Waals surface area contributed by atoms with Gasteiger partial charge in [0.15, 0.2) is 0 Å². The Bertz CT molecular complexity index is 760. The van der Waals surface area contributed by atoms with E-state index < -0.39 is 0 Å². The molecule has 1 aliphatic heterocycles. The number of halogens is 3. The van der Waals surface area contributed by atoms with Crippen LogP contribution in [-0.4, -0.2) is 24.5 Å². The average Bonchev–Trinajstić information content (AvgIpc) is 2.53. The van der Waals surface area contributed by atoms with Crippen molar-refractivity contribution in [1.82, 2.24) is 4.98 Å². The number of carbonyl (C=O) groups excluding carboxylic acids is 1. The lowest BCUT2D eigenvalue weighted by molar-refractivity contribution is 0.0984. The van der Waals surface area contributed by atoms with Gasteiger partial charge in [-0.05, 0) is 42.7 Å². The molecule has 1 aliphatic rings. The predicted molar refractivity (Wildman–Crippen MR) is 92.3 cm³/mol. The van der Waals surface area contributed by atoms with Crippen LogP contribution < -0.4 is 9.64 Å². The van der Waals surface area contributed by atoms with Crippen LogP contribution in [0.15, 0.2) is 24.3 Å². The molecule has 0 bridgehead atoms. The Morgan fingerprint density at radius 2 is 1.91 bits per heavy atom. The van der Waals surface area contributed by atoms with Crippen molar-refractivity contribution in [3.63, 3.8) is 0 Å². The van der Waals surface area contributed by atoms with E-state index in [0.717, 1.165) is 18.4 Å². The standard InChI is InChI=1S/C16H13Cl3N2O2/c1-23-12-5-4-11(17)10-3-2-6-21(15(10)12)16(22)9-7-13(18)20-14(19)8-9/h4-5,7-8H,2-3,6H2,1H3. The number of hydrogen-bond acceptors (Lipinski definition) is 3. The maximum Gasteiger partial charge on any atom is 0.258 e. The number of anilines is 1. The number of rotatable bonds is 2. The predicted octanol–water partition coefficient (Wildman–Crippen LogP) is 4.64. The number of pyridine rings is 1. The summed E-state index contributed by atoms with van der Waals surface area (Å²) in [5.41, 5.74) is 2.00. The van der Waals surface area contributed by atoms with Crippen molar-refractivity contribution in [2.75, 3.05) is 18.6 Å². The van der Waals surface area contributed by atoms with Gasteiger partial charge in [-0.1, -0.05) is 34.8 Å². The summed E-state index contributed by atoms with van der Waals surface area (Å²) in [6, 6.07) is 6.55. The minimum Gasteiger partial charge on any atom is -0.495 e. The third kappa shape index (κ3) is 3.11. The number of ether oxygens (including phenoxy) is 1. The van der Waals surface area contributed by atoms with Crippen LogP contribution in [0.5, 0.6) is 5.75 Å². The van der Waals surface area contributed by atoms with Crippen LogP contribution in [-0.2, 0) is 6.42 Å². The summed E-state index contributed by atoms with van der Waals surface area (Å²) in [5, 5.41) is 0.983. The molecule has 0 spiro atoms. The molecule has 120 valence electrons. The third-order valence-corrected chi connectivity index (χ3v) is 4.48. The SMILES string of the molecule is COc1ccc(Cl)c2c1N(C(=O)c1cc(Cl)nc(Cl)c1)CCC2. The van der Waals surface area contributed by atoms with Gasteiger partial charge in [-0.2, -0.15) is 0 Å². The third-order valence-electron chi connectivity index (χ3n) is 3.74. The normalized spacial score (nSPS) is 13.7. The molecular weight excluding hydrogens is 359 g/mol. The van der Waals surface area contributed by atoms with Crippen molar-refractivity contribution >= 4 is 46.4 Å². The lowest BCUT2D eigenvalue weighted by atomic mass is 10.00. The second kappa shape index (κ2) is 6.56. The molecule has 1 aromatic heterocycles. The molecule has 4 nitrogen and oxygen atoms in total. The highest BCUT2D eigenvalue weighted by molar-refractivity contribution is 6.33. The van der Waals surface area contributed by atoms with E-state index in [9.17, 15) is 4.79 Å². The zero-order chi connectivity index (χ0) is 16.6. The number of aromatic nitrogens is 1. The van der Waals surface area contributed by atoms with Gasteiger partial charge < -0.3 is 9.64 Å². The van der Waals surface area contributed by atoms with Crippen LogP contribution in [0, 0.1) is 0 Å². The molecule has 7 heteroatoms. The summed E-state index contributed by atoms with van der Waals surface area (Å²) < 4.78 is 5.41. The molecule has 0 saturated carbocycles. The molecule has 0 saturated heterocycles. The highest BCUT2D eigenvalue weighted by Gasteiger charge is 2.28. The first-order valence-corrected chi connectivity index (χ1v) is 8.15. The zero-order valence-electron chi connectivity index (χ0n) is 12.3. The first-order chi connectivity index (χ1) is 11.0. The molecule has 2 aromatic rings. The topological polar surface area (TPSA) is 42.4 Å². The number of hydrogen-bond donors (Lipinski definition) is 0. The molecule has 23 heavy (non-hydrogen) atoms. The smallest absolute Gasteiger partial charge is 0.258 e. The largest absolute Gasteiger partial charge is 0.495 e. The molecule has 0 fully saturated rings. The summed E-state index contributed by atoms with van der Waals surface area (Å²) in [7, 11) is 1.57. The average molecular weight is 372 g/mol. The fourth-order valence-electron chi connectivity index (χ4n) is 2.76. The number of methoxy groups -OCH3 is 1. The minimum atomic E-state index is -0.210. The van der Waals surface area contributed by atoms with Gasteiger partial charge in [-0.25, -0.2) is 4.98 Å². The number of benzene rings is 1. The second-order valence-electron chi connectivity index (χ2n) is 5.14. The summed E-state index contributed by atoms with van der Waals surface area (Å²) in [5.74, 6) is 0.404. The van der Waals surface area contributed by atoms with Gasteiger partial charge in [0.1, 0.15) is 16.1 Å². The molecule has 1 aromatic carbocycles. The van der Waals surface area contributed by atoms with Gasteiger partial charge in [-0.3, -0.25) is 4.79 Å². The van der Waals surface area contributed by atoms with Crippen LogP contribution in [0.3, 0.4) is 0 Å². The Morgan fingerprint density at radius 1 is 1.22 bits per heavy atom. The minimum absolute atomic E-state index is 0.177. The molecule has 0 radical (unpaired) electrons. The van der Waals surface area contributed by atoms with Crippen molar-refractivity contribution in [2.24, 2.45) is 0 Å². The van der Waals surface area contributed by atoms with Crippen molar-refractivity contribution in [3.05, 3.63) is 50.7 Å². The van der Waals surface area contributed by atoms with Crippen molar-refractivity contribution in [2.45, 2.75) is 12.8 Å². The number of carbonyl (C=O) groups is 1. The summed E-state index contributed by atoms with van der Waals surface area (Å²) in [6.07, 6.45) is 1.62. The van der Waals surface area contributed by atoms with Crippen LogP contribution in [0.2, 0.25) is 15.3 Å². The van der Waals surface area contributed by atoms with E-state index in [1.807, 2.05) is 0 Å². The Balaban J connectivity index is 2.09. The van der Waals surface area contributed by atoms with Crippen LogP contribution in [0.25, 0.3) is 0 Å². The quantitative estimate of drug-likeness (QED) is 0.722. The molecule has 0 atom stereocenters. The summed E-state index contributed by atoms with van der Waals surface area (Å²) >= 11 is 18.1. The first-order valence-electron chi connectivity index (χ1n) is 7.01. The van der Waals surface area contributed by atoms with E-state index >= 15 is 0 Å². The van der Waals surface area contributed by atoms with E-state index in [-0.39, 0.29) is 16.2 Å². The van der Waals surface area contributed by atoms with Crippen LogP contribution in [0.4, 0.5) is 5.69 Å². The van der Waals surface area contributed by atoms with Crippen LogP contribution >= 0.6 is 34.8 Å². The summed E-state index contributed by atoms with van der Waals surface area (Å²) in [4.78, 5) is 18.5. The molecule has 3 rings (SSSR count). The number of fused-ring (bicyclic) bond motifs is 1. The van der Waals surface area contributed by atoms with Gasteiger partial charge in [0.2, 0.25) is 0 Å². The Morgan fingerprint density at radius 3 is 2.57 bits per heavy atom. The second-order valence-corrected chi connectivity index (χ2v) is 6.32. The monoisotopic (exact) mass is 370 g/mol. The van der Waals surface area contributed by atoms with Crippen molar-refractivity contribution in [1.29, 1.82) is 0 Å². The van der Waals surface area contributed by atoms with E-state index in [1.165, 1.54) is 12.1 Å². The van der Waals surface area contributed by atoms with E-state index in [4.69, 9.17) is 39.5 Å². The van der Waals surface area contributed by atoms with E-state index in [1.54, 1.807) is 24.1 Å². The van der Waals surface area contributed by atoms with Gasteiger partial charge in [0.25, 0.3) is 5.91 Å². The maximum absolute atomic E-state index is 12.9. The van der Waals surface area contributed by atoms with Gasteiger partial charge in [0, 0.05) is 17.1 Å². The fourth-order valence-corrected chi connectivity index (χ4v) is 3.47. The van der Waals surface area contributed by atoms with E-state index in [0.29, 0.717) is 28.6 Å². The lowest BCUT2D eigenvalue weighted by Crippen LogP contribution is -2.36.